The summed E-state index contributed by atoms with van der Waals surface area (Å²) in [5.74, 6) is 1.90. The second-order valence-electron chi connectivity index (χ2n) is 9.78. The van der Waals surface area contributed by atoms with Crippen molar-refractivity contribution in [1.82, 2.24) is 9.58 Å². The van der Waals surface area contributed by atoms with E-state index in [1.54, 1.807) is 27.5 Å². The first-order valence-electron chi connectivity index (χ1n) is 12.1. The van der Waals surface area contributed by atoms with Gasteiger partial charge in [-0.3, -0.25) is 19.3 Å². The number of hydrogen-bond acceptors (Lipinski definition) is 6. The van der Waals surface area contributed by atoms with Gasteiger partial charge in [0, 0.05) is 35.0 Å². The number of nitrogens with zero attached hydrogens (tertiary/aromatic N) is 3. The van der Waals surface area contributed by atoms with Crippen LogP contribution in [0.5, 0.6) is 11.5 Å². The number of amides is 1. The van der Waals surface area contributed by atoms with Crippen molar-refractivity contribution in [2.75, 3.05) is 24.8 Å². The van der Waals surface area contributed by atoms with Crippen molar-refractivity contribution in [3.8, 4) is 11.5 Å². The van der Waals surface area contributed by atoms with E-state index < -0.39 is 11.2 Å². The van der Waals surface area contributed by atoms with Gasteiger partial charge in [-0.25, -0.2) is 0 Å². The molecule has 1 amide bonds. The minimum absolute atomic E-state index is 0.0301. The van der Waals surface area contributed by atoms with Gasteiger partial charge in [0.25, 0.3) is 5.91 Å². The maximum absolute atomic E-state index is 13.5. The van der Waals surface area contributed by atoms with Crippen molar-refractivity contribution < 1.29 is 14.6 Å². The van der Waals surface area contributed by atoms with E-state index in [2.05, 4.69) is 29.3 Å². The van der Waals surface area contributed by atoms with Crippen LogP contribution in [0.3, 0.4) is 0 Å². The highest BCUT2D eigenvalue weighted by Crippen LogP contribution is 2.48. The maximum Gasteiger partial charge on any atom is 0.277 e. The Morgan fingerprint density at radius 3 is 2.83 bits per heavy atom. The fourth-order valence-electron chi connectivity index (χ4n) is 5.76. The lowest BCUT2D eigenvalue weighted by molar-refractivity contribution is 0.0671. The van der Waals surface area contributed by atoms with Gasteiger partial charge >= 0.3 is 0 Å². The van der Waals surface area contributed by atoms with Crippen LogP contribution < -0.4 is 15.2 Å². The van der Waals surface area contributed by atoms with Crippen LogP contribution in [0, 0.1) is 11.8 Å². The fraction of sp³-hybridized carbons (Fsp3) is 0.333. The molecule has 2 bridgehead atoms. The van der Waals surface area contributed by atoms with Crippen LogP contribution in [0.25, 0.3) is 0 Å². The number of carbonyl (C=O) groups excluding carboxylic acids is 1. The van der Waals surface area contributed by atoms with E-state index in [1.165, 1.54) is 16.5 Å². The first kappa shape index (κ1) is 20.9. The minimum atomic E-state index is -0.545. The average Bonchev–Trinajstić information content (AvgIpc) is 3.65. The number of fused-ring (bicyclic) bond motifs is 8. The standard InChI is InChI=1S/C27H25N3O4S/c31-20-9-11-29-25(26(20)32)27(33)28-10-8-16-12-18(16)13-34-21-6-3-4-17-14-35-22-7-2-1-5-19(22)24(23(17)21)30(29)15-28/h1-7,9,11,16,18,24,32H,8,10,12-15H2/t16-,18+,24-/m0/s1. The summed E-state index contributed by atoms with van der Waals surface area (Å²) in [6, 6.07) is 15.7. The number of hydrogen-bond donors (Lipinski definition) is 1. The Morgan fingerprint density at radius 2 is 1.91 bits per heavy atom. The molecule has 0 unspecified atom stereocenters. The molecule has 1 fully saturated rings. The molecule has 7 rings (SSSR count). The molecule has 3 aromatic rings. The summed E-state index contributed by atoms with van der Waals surface area (Å²) in [6.45, 7) is 1.61. The van der Waals surface area contributed by atoms with Crippen LogP contribution >= 0.6 is 11.8 Å². The molecule has 178 valence electrons. The smallest absolute Gasteiger partial charge is 0.277 e. The lowest BCUT2D eigenvalue weighted by Gasteiger charge is -2.44. The van der Waals surface area contributed by atoms with Crippen molar-refractivity contribution in [2.24, 2.45) is 11.8 Å². The van der Waals surface area contributed by atoms with E-state index in [1.807, 2.05) is 18.2 Å². The van der Waals surface area contributed by atoms with Crippen molar-refractivity contribution in [3.05, 3.63) is 87.3 Å². The van der Waals surface area contributed by atoms with E-state index in [0.717, 1.165) is 35.5 Å². The number of ether oxygens (including phenoxy) is 1. The predicted molar refractivity (Wildman–Crippen MR) is 132 cm³/mol. The molecule has 4 aliphatic rings. The molecule has 1 saturated carbocycles. The molecule has 4 heterocycles. The van der Waals surface area contributed by atoms with Crippen LogP contribution in [0.2, 0.25) is 0 Å². The fourth-order valence-corrected chi connectivity index (χ4v) is 6.85. The van der Waals surface area contributed by atoms with Gasteiger partial charge in [-0.2, -0.15) is 0 Å². The molecular formula is C27H25N3O4S. The lowest BCUT2D eigenvalue weighted by Crippen LogP contribution is -2.55. The highest BCUT2D eigenvalue weighted by molar-refractivity contribution is 7.98. The van der Waals surface area contributed by atoms with E-state index in [-0.39, 0.29) is 17.6 Å². The Hall–Kier alpha value is -3.39. The van der Waals surface area contributed by atoms with Crippen molar-refractivity contribution in [2.45, 2.75) is 29.5 Å². The van der Waals surface area contributed by atoms with Crippen LogP contribution in [0.15, 0.2) is 64.4 Å². The van der Waals surface area contributed by atoms with Gasteiger partial charge < -0.3 is 14.7 Å². The predicted octanol–water partition coefficient (Wildman–Crippen LogP) is 3.72. The summed E-state index contributed by atoms with van der Waals surface area (Å²) >= 11 is 1.80. The molecule has 1 N–H and O–H groups in total. The second kappa shape index (κ2) is 7.81. The summed E-state index contributed by atoms with van der Waals surface area (Å²) < 4.78 is 8.18. The molecule has 0 radical (unpaired) electrons. The van der Waals surface area contributed by atoms with Crippen LogP contribution in [0.1, 0.15) is 46.1 Å². The molecule has 7 nitrogen and oxygen atoms in total. The molecule has 2 aromatic carbocycles. The van der Waals surface area contributed by atoms with Crippen molar-refractivity contribution >= 4 is 17.7 Å². The minimum Gasteiger partial charge on any atom is -0.502 e. The zero-order valence-electron chi connectivity index (χ0n) is 19.1. The number of carbonyl (C=O) groups is 1. The third-order valence-electron chi connectivity index (χ3n) is 7.75. The van der Waals surface area contributed by atoms with Crippen LogP contribution in [0.4, 0.5) is 0 Å². The topological polar surface area (TPSA) is 75.0 Å². The molecule has 1 aliphatic carbocycles. The molecule has 0 spiro atoms. The molecule has 3 atom stereocenters. The monoisotopic (exact) mass is 487 g/mol. The molecule has 0 saturated heterocycles. The average molecular weight is 488 g/mol. The normalized spacial score (nSPS) is 24.5. The van der Waals surface area contributed by atoms with E-state index in [4.69, 9.17) is 4.74 Å². The quantitative estimate of drug-likeness (QED) is 0.521. The van der Waals surface area contributed by atoms with E-state index >= 15 is 0 Å². The molecule has 35 heavy (non-hydrogen) atoms. The van der Waals surface area contributed by atoms with Crippen molar-refractivity contribution in [3.63, 3.8) is 0 Å². The first-order valence-corrected chi connectivity index (χ1v) is 13.1. The summed E-state index contributed by atoms with van der Waals surface area (Å²) in [5, 5.41) is 12.9. The number of thioether (sulfide) groups is 1. The van der Waals surface area contributed by atoms with E-state index in [9.17, 15) is 14.7 Å². The molecule has 3 aliphatic heterocycles. The Labute approximate surface area is 206 Å². The number of pyridine rings is 1. The van der Waals surface area contributed by atoms with E-state index in [0.29, 0.717) is 31.7 Å². The SMILES string of the molecule is O=C1c2c(O)c(=O)ccn2N2CN1CC[C@H]1C[C@@H]1COc1cccc3c1[C@@H]2c1ccccc1SC3. The largest absolute Gasteiger partial charge is 0.502 e. The zero-order chi connectivity index (χ0) is 23.7. The summed E-state index contributed by atoms with van der Waals surface area (Å²) in [4.78, 5) is 28.9. The number of benzene rings is 2. The van der Waals surface area contributed by atoms with Crippen LogP contribution in [-0.2, 0) is 5.75 Å². The highest BCUT2D eigenvalue weighted by Gasteiger charge is 2.43. The first-order chi connectivity index (χ1) is 17.1. The van der Waals surface area contributed by atoms with Gasteiger partial charge in [-0.1, -0.05) is 30.3 Å². The van der Waals surface area contributed by atoms with Crippen LogP contribution in [-0.4, -0.2) is 40.4 Å². The third-order valence-corrected chi connectivity index (χ3v) is 8.89. The van der Waals surface area contributed by atoms with Gasteiger partial charge in [0.2, 0.25) is 5.43 Å². The van der Waals surface area contributed by atoms with Gasteiger partial charge in [0.15, 0.2) is 11.4 Å². The van der Waals surface area contributed by atoms with Gasteiger partial charge in [0.05, 0.1) is 6.61 Å². The van der Waals surface area contributed by atoms with Crippen molar-refractivity contribution in [1.29, 1.82) is 0 Å². The Balaban J connectivity index is 1.51. The summed E-state index contributed by atoms with van der Waals surface area (Å²) in [7, 11) is 0. The zero-order valence-corrected chi connectivity index (χ0v) is 19.9. The second-order valence-corrected chi connectivity index (χ2v) is 10.8. The Bertz CT molecular complexity index is 1420. The highest BCUT2D eigenvalue weighted by atomic mass is 32.2. The lowest BCUT2D eigenvalue weighted by atomic mass is 9.93. The maximum atomic E-state index is 13.5. The summed E-state index contributed by atoms with van der Waals surface area (Å²) in [5.41, 5.74) is 2.88. The Kier molecular flexibility index (Phi) is 4.67. The number of rotatable bonds is 0. The van der Waals surface area contributed by atoms with Gasteiger partial charge in [-0.15, -0.1) is 11.8 Å². The van der Waals surface area contributed by atoms with Gasteiger partial charge in [-0.05, 0) is 47.9 Å². The molecular weight excluding hydrogens is 462 g/mol. The Morgan fingerprint density at radius 1 is 1.03 bits per heavy atom. The number of aromatic nitrogens is 1. The molecule has 8 heteroatoms. The molecule has 1 aromatic heterocycles. The van der Waals surface area contributed by atoms with Gasteiger partial charge in [0.1, 0.15) is 18.5 Å². The summed E-state index contributed by atoms with van der Waals surface area (Å²) in [6.07, 6.45) is 3.60. The number of aromatic hydroxyl groups is 1. The third kappa shape index (κ3) is 3.26.